The lowest BCUT2D eigenvalue weighted by Crippen LogP contribution is -2.16. The smallest absolute Gasteiger partial charge is 0.201 e. The molecule has 1 atom stereocenters. The molecule has 3 rings (SSSR count). The third kappa shape index (κ3) is 2.78. The van der Waals surface area contributed by atoms with Gasteiger partial charge in [0.25, 0.3) is 0 Å². The predicted octanol–water partition coefficient (Wildman–Crippen LogP) is 2.69. The Morgan fingerprint density at radius 3 is 2.48 bits per heavy atom. The summed E-state index contributed by atoms with van der Waals surface area (Å²) in [4.78, 5) is 11.3. The number of hydrogen-bond donors (Lipinski definition) is 1. The highest BCUT2D eigenvalue weighted by atomic mass is 16.1. The molecule has 0 spiro atoms. The van der Waals surface area contributed by atoms with Crippen molar-refractivity contribution in [1.29, 1.82) is 0 Å². The zero-order valence-corrected chi connectivity index (χ0v) is 12.9. The first-order valence-electron chi connectivity index (χ1n) is 7.55. The van der Waals surface area contributed by atoms with Crippen LogP contribution in [0.2, 0.25) is 0 Å². The SMILES string of the molecule is CCc1nnc(C=O)n1-c1ccccc1C(N)c1ccccc1. The summed E-state index contributed by atoms with van der Waals surface area (Å²) in [6, 6.07) is 17.4. The Hall–Kier alpha value is -2.79. The van der Waals surface area contributed by atoms with Crippen molar-refractivity contribution in [2.45, 2.75) is 19.4 Å². The van der Waals surface area contributed by atoms with Crippen LogP contribution in [0.1, 0.15) is 40.5 Å². The fourth-order valence-corrected chi connectivity index (χ4v) is 2.69. The van der Waals surface area contributed by atoms with Gasteiger partial charge in [-0.1, -0.05) is 55.5 Å². The molecule has 0 fully saturated rings. The lowest BCUT2D eigenvalue weighted by Gasteiger charge is -2.18. The maximum absolute atomic E-state index is 11.3. The Morgan fingerprint density at radius 1 is 1.09 bits per heavy atom. The minimum atomic E-state index is -0.293. The second-order valence-electron chi connectivity index (χ2n) is 5.23. The predicted molar refractivity (Wildman–Crippen MR) is 88.6 cm³/mol. The van der Waals surface area contributed by atoms with Crippen LogP contribution in [0.4, 0.5) is 0 Å². The maximum atomic E-state index is 11.3. The van der Waals surface area contributed by atoms with Crippen molar-refractivity contribution in [3.05, 3.63) is 77.4 Å². The number of aldehydes is 1. The molecule has 0 saturated carbocycles. The van der Waals surface area contributed by atoms with Gasteiger partial charge < -0.3 is 5.73 Å². The van der Waals surface area contributed by atoms with Crippen molar-refractivity contribution in [3.63, 3.8) is 0 Å². The zero-order valence-electron chi connectivity index (χ0n) is 12.9. The van der Waals surface area contributed by atoms with E-state index in [0.29, 0.717) is 6.42 Å². The Morgan fingerprint density at radius 2 is 1.78 bits per heavy atom. The standard InChI is InChI=1S/C18H18N4O/c1-2-16-20-21-17(12-23)22(16)15-11-7-6-10-14(15)18(19)13-8-4-3-5-9-13/h3-12,18H,2,19H2,1H3. The number of hydrogen-bond acceptors (Lipinski definition) is 4. The normalized spacial score (nSPS) is 12.1. The summed E-state index contributed by atoms with van der Waals surface area (Å²) in [6.07, 6.45) is 1.40. The first-order valence-corrected chi connectivity index (χ1v) is 7.55. The third-order valence-corrected chi connectivity index (χ3v) is 3.85. The maximum Gasteiger partial charge on any atom is 0.201 e. The summed E-state index contributed by atoms with van der Waals surface area (Å²) < 4.78 is 1.78. The Bertz CT molecular complexity index is 811. The first-order chi connectivity index (χ1) is 11.3. The van der Waals surface area contributed by atoms with E-state index in [2.05, 4.69) is 10.2 Å². The van der Waals surface area contributed by atoms with Crippen LogP contribution in [0.5, 0.6) is 0 Å². The molecule has 0 bridgehead atoms. The molecule has 0 radical (unpaired) electrons. The van der Waals surface area contributed by atoms with Gasteiger partial charge in [-0.2, -0.15) is 0 Å². The number of para-hydroxylation sites is 1. The number of rotatable bonds is 5. The number of aromatic nitrogens is 3. The average molecular weight is 306 g/mol. The van der Waals surface area contributed by atoms with Crippen molar-refractivity contribution in [2.75, 3.05) is 0 Å². The average Bonchev–Trinajstić information content (AvgIpc) is 3.04. The molecule has 0 aliphatic carbocycles. The van der Waals surface area contributed by atoms with Crippen LogP contribution < -0.4 is 5.73 Å². The number of nitrogens with two attached hydrogens (primary N) is 1. The van der Waals surface area contributed by atoms with Gasteiger partial charge >= 0.3 is 0 Å². The molecule has 1 unspecified atom stereocenters. The lowest BCUT2D eigenvalue weighted by atomic mass is 9.98. The number of nitrogens with zero attached hydrogens (tertiary/aromatic N) is 3. The topological polar surface area (TPSA) is 73.8 Å². The van der Waals surface area contributed by atoms with E-state index in [1.165, 1.54) is 0 Å². The van der Waals surface area contributed by atoms with Crippen LogP contribution in [0.15, 0.2) is 54.6 Å². The van der Waals surface area contributed by atoms with Crippen molar-refractivity contribution in [2.24, 2.45) is 5.73 Å². The quantitative estimate of drug-likeness (QED) is 0.735. The zero-order chi connectivity index (χ0) is 16.2. The van der Waals surface area contributed by atoms with Gasteiger partial charge in [0, 0.05) is 6.42 Å². The fourth-order valence-electron chi connectivity index (χ4n) is 2.69. The Balaban J connectivity index is 2.16. The van der Waals surface area contributed by atoms with Gasteiger partial charge in [0.05, 0.1) is 11.7 Å². The second kappa shape index (κ2) is 6.54. The summed E-state index contributed by atoms with van der Waals surface area (Å²) in [5.41, 5.74) is 9.24. The van der Waals surface area contributed by atoms with E-state index >= 15 is 0 Å². The minimum Gasteiger partial charge on any atom is -0.320 e. The summed E-state index contributed by atoms with van der Waals surface area (Å²) in [7, 11) is 0. The van der Waals surface area contributed by atoms with Crippen molar-refractivity contribution < 1.29 is 4.79 Å². The van der Waals surface area contributed by atoms with Crippen LogP contribution >= 0.6 is 0 Å². The van der Waals surface area contributed by atoms with Gasteiger partial charge in [0.15, 0.2) is 6.29 Å². The molecule has 0 aliphatic heterocycles. The summed E-state index contributed by atoms with van der Waals surface area (Å²) >= 11 is 0. The molecular weight excluding hydrogens is 288 g/mol. The van der Waals surface area contributed by atoms with E-state index < -0.39 is 0 Å². The van der Waals surface area contributed by atoms with Crippen LogP contribution in [0, 0.1) is 0 Å². The minimum absolute atomic E-state index is 0.287. The van der Waals surface area contributed by atoms with E-state index in [1.54, 1.807) is 4.57 Å². The molecule has 0 amide bonds. The summed E-state index contributed by atoms with van der Waals surface area (Å²) in [5, 5.41) is 8.06. The molecule has 2 aromatic carbocycles. The molecule has 116 valence electrons. The number of carbonyl (C=O) groups excluding carboxylic acids is 1. The van der Waals surface area contributed by atoms with Crippen molar-refractivity contribution in [1.82, 2.24) is 14.8 Å². The molecule has 3 aromatic rings. The number of carbonyl (C=O) groups is 1. The highest BCUT2D eigenvalue weighted by Crippen LogP contribution is 2.26. The summed E-state index contributed by atoms with van der Waals surface area (Å²) in [6.45, 7) is 1.98. The van der Waals surface area contributed by atoms with E-state index in [9.17, 15) is 4.79 Å². The number of aryl methyl sites for hydroxylation is 1. The number of benzene rings is 2. The van der Waals surface area contributed by atoms with Crippen LogP contribution in [-0.4, -0.2) is 21.1 Å². The molecule has 23 heavy (non-hydrogen) atoms. The highest BCUT2D eigenvalue weighted by Gasteiger charge is 2.18. The van der Waals surface area contributed by atoms with Gasteiger partial charge in [0.1, 0.15) is 5.82 Å². The Kier molecular flexibility index (Phi) is 4.30. The molecular formula is C18H18N4O. The molecule has 5 nitrogen and oxygen atoms in total. The van der Waals surface area contributed by atoms with E-state index in [0.717, 1.165) is 28.9 Å². The van der Waals surface area contributed by atoms with Crippen molar-refractivity contribution >= 4 is 6.29 Å². The summed E-state index contributed by atoms with van der Waals surface area (Å²) in [5.74, 6) is 1.02. The highest BCUT2D eigenvalue weighted by molar-refractivity contribution is 5.71. The monoisotopic (exact) mass is 306 g/mol. The molecule has 2 N–H and O–H groups in total. The van der Waals surface area contributed by atoms with Crippen LogP contribution in [0.3, 0.4) is 0 Å². The largest absolute Gasteiger partial charge is 0.320 e. The fraction of sp³-hybridized carbons (Fsp3) is 0.167. The van der Waals surface area contributed by atoms with Crippen LogP contribution in [0.25, 0.3) is 5.69 Å². The Labute approximate surface area is 134 Å². The van der Waals surface area contributed by atoms with Gasteiger partial charge in [0.2, 0.25) is 5.82 Å². The van der Waals surface area contributed by atoms with Crippen molar-refractivity contribution in [3.8, 4) is 5.69 Å². The molecule has 1 aromatic heterocycles. The van der Waals surface area contributed by atoms with Gasteiger partial charge in [-0.05, 0) is 17.2 Å². The van der Waals surface area contributed by atoms with E-state index in [1.807, 2.05) is 61.5 Å². The molecule has 0 aliphatic rings. The van der Waals surface area contributed by atoms with E-state index in [-0.39, 0.29) is 11.9 Å². The van der Waals surface area contributed by atoms with Gasteiger partial charge in [-0.3, -0.25) is 9.36 Å². The van der Waals surface area contributed by atoms with Crippen LogP contribution in [-0.2, 0) is 6.42 Å². The van der Waals surface area contributed by atoms with Gasteiger partial charge in [-0.25, -0.2) is 0 Å². The molecule has 5 heteroatoms. The molecule has 1 heterocycles. The first kappa shape index (κ1) is 15.1. The lowest BCUT2D eigenvalue weighted by molar-refractivity contribution is 0.111. The second-order valence-corrected chi connectivity index (χ2v) is 5.23. The molecule has 0 saturated heterocycles. The van der Waals surface area contributed by atoms with Gasteiger partial charge in [-0.15, -0.1) is 10.2 Å². The third-order valence-electron chi connectivity index (χ3n) is 3.85. The van der Waals surface area contributed by atoms with E-state index in [4.69, 9.17) is 5.73 Å².